The quantitative estimate of drug-likeness (QED) is 0.916. The van der Waals surface area contributed by atoms with Crippen molar-refractivity contribution in [3.8, 4) is 0 Å². The molecule has 0 saturated carbocycles. The van der Waals surface area contributed by atoms with Gasteiger partial charge in [-0.05, 0) is 18.9 Å². The lowest BCUT2D eigenvalue weighted by atomic mass is 9.99. The molecular formula is C15H17N3O. The number of amides is 1. The molecule has 0 spiro atoms. The number of aromatic nitrogens is 2. The normalized spacial score (nSPS) is 17.9. The average molecular weight is 255 g/mol. The SMILES string of the molecule is CCCN1C(=O)c2n[nH]c(C)c2[C@@H]1c1ccccc1. The number of rotatable bonds is 3. The molecule has 0 radical (unpaired) electrons. The number of aryl methyl sites for hydroxylation is 1. The van der Waals surface area contributed by atoms with Gasteiger partial charge in [-0.2, -0.15) is 5.10 Å². The van der Waals surface area contributed by atoms with E-state index >= 15 is 0 Å². The molecular weight excluding hydrogens is 238 g/mol. The minimum absolute atomic E-state index is 0.00222. The van der Waals surface area contributed by atoms with Crippen molar-refractivity contribution in [2.24, 2.45) is 0 Å². The fourth-order valence-corrected chi connectivity index (χ4v) is 2.80. The van der Waals surface area contributed by atoms with Gasteiger partial charge >= 0.3 is 0 Å². The Hall–Kier alpha value is -2.10. The summed E-state index contributed by atoms with van der Waals surface area (Å²) >= 11 is 0. The van der Waals surface area contributed by atoms with Crippen LogP contribution in [0.5, 0.6) is 0 Å². The summed E-state index contributed by atoms with van der Waals surface area (Å²) in [5.74, 6) is 0.0371. The van der Waals surface area contributed by atoms with Crippen LogP contribution in [0.25, 0.3) is 0 Å². The van der Waals surface area contributed by atoms with Crippen molar-refractivity contribution in [2.45, 2.75) is 26.3 Å². The Labute approximate surface area is 112 Å². The van der Waals surface area contributed by atoms with Crippen LogP contribution in [0.4, 0.5) is 0 Å². The first kappa shape index (κ1) is 12.0. The van der Waals surface area contributed by atoms with E-state index in [1.54, 1.807) is 0 Å². The van der Waals surface area contributed by atoms with Crippen LogP contribution in [0, 0.1) is 6.92 Å². The van der Waals surface area contributed by atoms with Gasteiger partial charge in [0.2, 0.25) is 0 Å². The first-order valence-electron chi connectivity index (χ1n) is 6.64. The molecule has 0 unspecified atom stereocenters. The summed E-state index contributed by atoms with van der Waals surface area (Å²) in [6.07, 6.45) is 0.947. The van der Waals surface area contributed by atoms with Gasteiger partial charge in [0.05, 0.1) is 6.04 Å². The topological polar surface area (TPSA) is 49.0 Å². The molecule has 0 saturated heterocycles. The molecule has 1 aliphatic heterocycles. The summed E-state index contributed by atoms with van der Waals surface area (Å²) in [6, 6.07) is 10.2. The molecule has 0 bridgehead atoms. The van der Waals surface area contributed by atoms with Crippen LogP contribution in [-0.2, 0) is 0 Å². The predicted octanol–water partition coefficient (Wildman–Crippen LogP) is 2.67. The van der Waals surface area contributed by atoms with Gasteiger partial charge in [0.25, 0.3) is 5.91 Å². The van der Waals surface area contributed by atoms with Crippen LogP contribution in [0.2, 0.25) is 0 Å². The number of carbonyl (C=O) groups excluding carboxylic acids is 1. The highest BCUT2D eigenvalue weighted by Gasteiger charge is 2.40. The molecule has 19 heavy (non-hydrogen) atoms. The zero-order valence-electron chi connectivity index (χ0n) is 11.2. The molecule has 1 atom stereocenters. The number of benzene rings is 1. The highest BCUT2D eigenvalue weighted by molar-refractivity contribution is 5.98. The summed E-state index contributed by atoms with van der Waals surface area (Å²) in [5.41, 5.74) is 3.74. The first-order valence-corrected chi connectivity index (χ1v) is 6.64. The third kappa shape index (κ3) is 1.75. The molecule has 1 aromatic carbocycles. The smallest absolute Gasteiger partial charge is 0.275 e. The number of fused-ring (bicyclic) bond motifs is 1. The van der Waals surface area contributed by atoms with Crippen molar-refractivity contribution < 1.29 is 4.79 Å². The standard InChI is InChI=1S/C15H17N3O/c1-3-9-18-14(11-7-5-4-6-8-11)12-10(2)16-17-13(12)15(18)19/h4-8,14H,3,9H2,1-2H3,(H,16,17)/t14-/m0/s1. The van der Waals surface area contributed by atoms with Crippen molar-refractivity contribution in [1.29, 1.82) is 0 Å². The lowest BCUT2D eigenvalue weighted by Gasteiger charge is -2.25. The minimum atomic E-state index is 0.00222. The summed E-state index contributed by atoms with van der Waals surface area (Å²) in [5, 5.41) is 7.10. The van der Waals surface area contributed by atoms with E-state index in [2.05, 4.69) is 29.3 Å². The van der Waals surface area contributed by atoms with E-state index < -0.39 is 0 Å². The first-order chi connectivity index (χ1) is 9.24. The number of nitrogens with zero attached hydrogens (tertiary/aromatic N) is 2. The molecule has 4 heteroatoms. The Morgan fingerprint density at radius 3 is 2.74 bits per heavy atom. The van der Waals surface area contributed by atoms with Crippen LogP contribution >= 0.6 is 0 Å². The Morgan fingerprint density at radius 2 is 2.05 bits per heavy atom. The molecule has 0 aliphatic carbocycles. The Balaban J connectivity index is 2.13. The lowest BCUT2D eigenvalue weighted by molar-refractivity contribution is 0.0743. The molecule has 4 nitrogen and oxygen atoms in total. The third-order valence-electron chi connectivity index (χ3n) is 3.62. The summed E-state index contributed by atoms with van der Waals surface area (Å²) in [7, 11) is 0. The van der Waals surface area contributed by atoms with E-state index in [-0.39, 0.29) is 11.9 Å². The van der Waals surface area contributed by atoms with Crippen molar-refractivity contribution in [1.82, 2.24) is 15.1 Å². The summed E-state index contributed by atoms with van der Waals surface area (Å²) < 4.78 is 0. The van der Waals surface area contributed by atoms with Crippen LogP contribution in [0.15, 0.2) is 30.3 Å². The number of nitrogens with one attached hydrogen (secondary N) is 1. The summed E-state index contributed by atoms with van der Waals surface area (Å²) in [6.45, 7) is 4.82. The Bertz CT molecular complexity index is 603. The van der Waals surface area contributed by atoms with E-state index in [4.69, 9.17) is 0 Å². The second-order valence-electron chi connectivity index (χ2n) is 4.92. The van der Waals surface area contributed by atoms with Gasteiger partial charge in [0.15, 0.2) is 5.69 Å². The Kier molecular flexibility index (Phi) is 2.85. The van der Waals surface area contributed by atoms with E-state index in [1.165, 1.54) is 0 Å². The van der Waals surface area contributed by atoms with Gasteiger partial charge in [0, 0.05) is 17.8 Å². The zero-order chi connectivity index (χ0) is 13.4. The fourth-order valence-electron chi connectivity index (χ4n) is 2.80. The second kappa shape index (κ2) is 4.53. The van der Waals surface area contributed by atoms with Crippen molar-refractivity contribution in [3.63, 3.8) is 0 Å². The molecule has 1 aromatic heterocycles. The van der Waals surface area contributed by atoms with Gasteiger partial charge in [-0.15, -0.1) is 0 Å². The molecule has 2 heterocycles. The fraction of sp³-hybridized carbons (Fsp3) is 0.333. The van der Waals surface area contributed by atoms with Crippen molar-refractivity contribution in [3.05, 3.63) is 52.8 Å². The van der Waals surface area contributed by atoms with Crippen molar-refractivity contribution >= 4 is 5.91 Å². The number of H-pyrrole nitrogens is 1. The number of hydrogen-bond acceptors (Lipinski definition) is 2. The van der Waals surface area contributed by atoms with Gasteiger partial charge in [-0.3, -0.25) is 9.89 Å². The number of carbonyl (C=O) groups is 1. The van der Waals surface area contributed by atoms with Gasteiger partial charge in [-0.25, -0.2) is 0 Å². The summed E-state index contributed by atoms with van der Waals surface area (Å²) in [4.78, 5) is 14.4. The maximum Gasteiger partial charge on any atom is 0.275 e. The van der Waals surface area contributed by atoms with Crippen LogP contribution in [0.1, 0.15) is 46.7 Å². The van der Waals surface area contributed by atoms with Crippen molar-refractivity contribution in [2.75, 3.05) is 6.54 Å². The van der Waals surface area contributed by atoms with E-state index in [0.29, 0.717) is 5.69 Å². The molecule has 2 aromatic rings. The predicted molar refractivity (Wildman–Crippen MR) is 72.9 cm³/mol. The maximum atomic E-state index is 12.4. The maximum absolute atomic E-state index is 12.4. The van der Waals surface area contributed by atoms with Gasteiger partial charge < -0.3 is 4.90 Å². The van der Waals surface area contributed by atoms with Crippen LogP contribution < -0.4 is 0 Å². The zero-order valence-corrected chi connectivity index (χ0v) is 11.2. The lowest BCUT2D eigenvalue weighted by Crippen LogP contribution is -2.30. The molecule has 1 aliphatic rings. The van der Waals surface area contributed by atoms with E-state index in [0.717, 1.165) is 29.8 Å². The van der Waals surface area contributed by atoms with Crippen LogP contribution in [-0.4, -0.2) is 27.5 Å². The van der Waals surface area contributed by atoms with Crippen LogP contribution in [0.3, 0.4) is 0 Å². The molecule has 1 amide bonds. The second-order valence-corrected chi connectivity index (χ2v) is 4.92. The Morgan fingerprint density at radius 1 is 1.32 bits per heavy atom. The third-order valence-corrected chi connectivity index (χ3v) is 3.62. The average Bonchev–Trinajstić information content (AvgIpc) is 2.93. The highest BCUT2D eigenvalue weighted by Crippen LogP contribution is 2.39. The molecule has 0 fully saturated rings. The molecule has 3 rings (SSSR count). The number of aromatic amines is 1. The monoisotopic (exact) mass is 255 g/mol. The minimum Gasteiger partial charge on any atom is -0.326 e. The highest BCUT2D eigenvalue weighted by atomic mass is 16.2. The van der Waals surface area contributed by atoms with Gasteiger partial charge in [0.1, 0.15) is 0 Å². The van der Waals surface area contributed by atoms with Gasteiger partial charge in [-0.1, -0.05) is 37.3 Å². The van der Waals surface area contributed by atoms with E-state index in [1.807, 2.05) is 30.0 Å². The van der Waals surface area contributed by atoms with E-state index in [9.17, 15) is 4.79 Å². The molecule has 98 valence electrons. The number of hydrogen-bond donors (Lipinski definition) is 1. The largest absolute Gasteiger partial charge is 0.326 e. The molecule has 1 N–H and O–H groups in total.